The van der Waals surface area contributed by atoms with Gasteiger partial charge in [-0.2, -0.15) is 13.2 Å². The van der Waals surface area contributed by atoms with E-state index in [0.29, 0.717) is 32.6 Å². The van der Waals surface area contributed by atoms with Crippen LogP contribution in [0.2, 0.25) is 0 Å². The summed E-state index contributed by atoms with van der Waals surface area (Å²) in [5.41, 5.74) is 1.20. The molecule has 1 fully saturated rings. The van der Waals surface area contributed by atoms with Gasteiger partial charge in [0.25, 0.3) is 0 Å². The van der Waals surface area contributed by atoms with Crippen molar-refractivity contribution < 1.29 is 22.8 Å². The molecule has 0 spiro atoms. The second-order valence-electron chi connectivity index (χ2n) is 6.39. The summed E-state index contributed by atoms with van der Waals surface area (Å²) in [6.45, 7) is 0.582. The number of hydrogen-bond acceptors (Lipinski definition) is 3. The van der Waals surface area contributed by atoms with Gasteiger partial charge < -0.3 is 10.2 Å². The predicted octanol–water partition coefficient (Wildman–Crippen LogP) is 1.83. The Balaban J connectivity index is 1.62. The first-order chi connectivity index (χ1) is 12.3. The van der Waals surface area contributed by atoms with Crippen molar-refractivity contribution in [2.24, 2.45) is 0 Å². The fourth-order valence-electron chi connectivity index (χ4n) is 2.86. The number of nitrogens with one attached hydrogen (secondary N) is 1. The topological polar surface area (TPSA) is 52.7 Å². The lowest BCUT2D eigenvalue weighted by Crippen LogP contribution is -2.51. The Hall–Kier alpha value is -2.09. The second kappa shape index (κ2) is 9.56. The highest BCUT2D eigenvalue weighted by molar-refractivity contribution is 5.78. The maximum atomic E-state index is 12.2. The van der Waals surface area contributed by atoms with Crippen molar-refractivity contribution in [2.75, 3.05) is 39.3 Å². The van der Waals surface area contributed by atoms with Crippen LogP contribution in [0.5, 0.6) is 0 Å². The molecule has 5 nitrogen and oxygen atoms in total. The Kier molecular flexibility index (Phi) is 7.44. The molecule has 0 bridgehead atoms. The minimum Gasteiger partial charge on any atom is -0.346 e. The summed E-state index contributed by atoms with van der Waals surface area (Å²) in [4.78, 5) is 27.3. The van der Waals surface area contributed by atoms with Crippen molar-refractivity contribution in [3.63, 3.8) is 0 Å². The monoisotopic (exact) mass is 371 g/mol. The number of carbonyl (C=O) groups is 2. The number of amides is 2. The van der Waals surface area contributed by atoms with Crippen LogP contribution in [0.3, 0.4) is 0 Å². The van der Waals surface area contributed by atoms with Gasteiger partial charge in [-0.3, -0.25) is 14.5 Å². The van der Waals surface area contributed by atoms with Crippen LogP contribution < -0.4 is 5.32 Å². The van der Waals surface area contributed by atoms with Crippen molar-refractivity contribution in [3.05, 3.63) is 35.9 Å². The molecule has 0 aliphatic carbocycles. The molecule has 1 saturated heterocycles. The number of aryl methyl sites for hydroxylation is 1. The highest BCUT2D eigenvalue weighted by Gasteiger charge is 2.28. The van der Waals surface area contributed by atoms with Gasteiger partial charge in [0, 0.05) is 32.6 Å². The van der Waals surface area contributed by atoms with Crippen molar-refractivity contribution >= 4 is 11.8 Å². The van der Waals surface area contributed by atoms with E-state index in [0.717, 1.165) is 12.8 Å². The molecular formula is C18H24F3N3O2. The zero-order chi connectivity index (χ0) is 19.0. The Morgan fingerprint density at radius 3 is 2.31 bits per heavy atom. The van der Waals surface area contributed by atoms with E-state index < -0.39 is 18.6 Å². The van der Waals surface area contributed by atoms with Gasteiger partial charge in [-0.1, -0.05) is 30.3 Å². The van der Waals surface area contributed by atoms with Crippen LogP contribution in [0.4, 0.5) is 13.2 Å². The van der Waals surface area contributed by atoms with Gasteiger partial charge in [-0.05, 0) is 18.4 Å². The molecule has 0 aromatic heterocycles. The van der Waals surface area contributed by atoms with Crippen LogP contribution in [0.1, 0.15) is 18.4 Å². The maximum Gasteiger partial charge on any atom is 0.405 e. The zero-order valence-electron chi connectivity index (χ0n) is 14.6. The van der Waals surface area contributed by atoms with Crippen LogP contribution in [0.25, 0.3) is 0 Å². The fraction of sp³-hybridized carbons (Fsp3) is 0.556. The van der Waals surface area contributed by atoms with Crippen molar-refractivity contribution in [1.29, 1.82) is 0 Å². The average molecular weight is 371 g/mol. The van der Waals surface area contributed by atoms with Crippen LogP contribution >= 0.6 is 0 Å². The second-order valence-corrected chi connectivity index (χ2v) is 6.39. The Bertz CT molecular complexity index is 585. The molecule has 1 aromatic carbocycles. The molecular weight excluding hydrogens is 347 g/mol. The van der Waals surface area contributed by atoms with E-state index >= 15 is 0 Å². The average Bonchev–Trinajstić information content (AvgIpc) is 2.61. The SMILES string of the molecule is O=C(CN1CCN(C(=O)CCCc2ccccc2)CC1)NCC(F)(F)F. The Morgan fingerprint density at radius 2 is 1.69 bits per heavy atom. The normalized spacial score (nSPS) is 15.7. The zero-order valence-corrected chi connectivity index (χ0v) is 14.6. The van der Waals surface area contributed by atoms with E-state index in [2.05, 4.69) is 0 Å². The van der Waals surface area contributed by atoms with E-state index in [1.807, 2.05) is 35.6 Å². The molecule has 0 saturated carbocycles. The lowest BCUT2D eigenvalue weighted by atomic mass is 10.1. The van der Waals surface area contributed by atoms with Gasteiger partial charge in [0.15, 0.2) is 0 Å². The number of halogens is 3. The van der Waals surface area contributed by atoms with E-state index in [-0.39, 0.29) is 12.5 Å². The van der Waals surface area contributed by atoms with E-state index in [4.69, 9.17) is 0 Å². The summed E-state index contributed by atoms with van der Waals surface area (Å²) in [6, 6.07) is 9.97. The summed E-state index contributed by atoms with van der Waals surface area (Å²) >= 11 is 0. The first-order valence-corrected chi connectivity index (χ1v) is 8.71. The maximum absolute atomic E-state index is 12.2. The number of carbonyl (C=O) groups excluding carboxylic acids is 2. The van der Waals surface area contributed by atoms with Crippen molar-refractivity contribution in [1.82, 2.24) is 15.1 Å². The van der Waals surface area contributed by atoms with Gasteiger partial charge in [0.05, 0.1) is 6.54 Å². The minimum absolute atomic E-state index is 0.0773. The first kappa shape index (κ1) is 20.2. The lowest BCUT2D eigenvalue weighted by molar-refractivity contribution is -0.140. The molecule has 26 heavy (non-hydrogen) atoms. The van der Waals surface area contributed by atoms with Crippen LogP contribution in [0.15, 0.2) is 30.3 Å². The molecule has 1 N–H and O–H groups in total. The van der Waals surface area contributed by atoms with Gasteiger partial charge in [0.2, 0.25) is 11.8 Å². The molecule has 0 radical (unpaired) electrons. The standard InChI is InChI=1S/C18H24F3N3O2/c19-18(20,21)14-22-16(25)13-23-9-11-24(12-10-23)17(26)8-4-7-15-5-2-1-3-6-15/h1-3,5-6H,4,7-14H2,(H,22,25). The van der Waals surface area contributed by atoms with Gasteiger partial charge in [0.1, 0.15) is 6.54 Å². The highest BCUT2D eigenvalue weighted by Crippen LogP contribution is 2.12. The van der Waals surface area contributed by atoms with Crippen LogP contribution in [-0.2, 0) is 16.0 Å². The van der Waals surface area contributed by atoms with Gasteiger partial charge in [-0.25, -0.2) is 0 Å². The van der Waals surface area contributed by atoms with Crippen molar-refractivity contribution in [3.8, 4) is 0 Å². The highest BCUT2D eigenvalue weighted by atomic mass is 19.4. The quantitative estimate of drug-likeness (QED) is 0.796. The largest absolute Gasteiger partial charge is 0.405 e. The van der Waals surface area contributed by atoms with E-state index in [1.165, 1.54) is 5.56 Å². The number of nitrogens with zero attached hydrogens (tertiary/aromatic N) is 2. The Morgan fingerprint density at radius 1 is 1.04 bits per heavy atom. The molecule has 1 heterocycles. The lowest BCUT2D eigenvalue weighted by Gasteiger charge is -2.34. The summed E-state index contributed by atoms with van der Waals surface area (Å²) in [6.07, 6.45) is -2.30. The predicted molar refractivity (Wildman–Crippen MR) is 91.5 cm³/mol. The molecule has 8 heteroatoms. The minimum atomic E-state index is -4.40. The molecule has 1 aromatic rings. The molecule has 2 amide bonds. The fourth-order valence-corrected chi connectivity index (χ4v) is 2.86. The van der Waals surface area contributed by atoms with Crippen molar-refractivity contribution in [2.45, 2.75) is 25.4 Å². The molecule has 0 atom stereocenters. The number of rotatable bonds is 7. The number of benzene rings is 1. The van der Waals surface area contributed by atoms with Crippen LogP contribution in [0, 0.1) is 0 Å². The Labute approximate surface area is 151 Å². The molecule has 2 rings (SSSR count). The molecule has 0 unspecified atom stereocenters. The molecule has 1 aliphatic rings. The number of hydrogen-bond donors (Lipinski definition) is 1. The van der Waals surface area contributed by atoms with E-state index in [1.54, 1.807) is 9.80 Å². The summed E-state index contributed by atoms with van der Waals surface area (Å²) in [5.74, 6) is -0.563. The van der Waals surface area contributed by atoms with Crippen LogP contribution in [-0.4, -0.2) is 67.1 Å². The van der Waals surface area contributed by atoms with E-state index in [9.17, 15) is 22.8 Å². The summed E-state index contributed by atoms with van der Waals surface area (Å²) < 4.78 is 36.2. The number of alkyl halides is 3. The smallest absolute Gasteiger partial charge is 0.346 e. The number of piperazine rings is 1. The van der Waals surface area contributed by atoms with Gasteiger partial charge >= 0.3 is 6.18 Å². The third-order valence-corrected chi connectivity index (χ3v) is 4.28. The molecule has 1 aliphatic heterocycles. The third-order valence-electron chi connectivity index (χ3n) is 4.28. The summed E-state index contributed by atoms with van der Waals surface area (Å²) in [7, 11) is 0. The first-order valence-electron chi connectivity index (χ1n) is 8.71. The van der Waals surface area contributed by atoms with Gasteiger partial charge in [-0.15, -0.1) is 0 Å². The molecule has 144 valence electrons. The summed E-state index contributed by atoms with van der Waals surface area (Å²) in [5, 5.41) is 1.86. The third kappa shape index (κ3) is 7.43.